The molecule has 0 aliphatic carbocycles. The van der Waals surface area contributed by atoms with Gasteiger partial charge in [-0.15, -0.1) is 0 Å². The van der Waals surface area contributed by atoms with Crippen molar-refractivity contribution in [3.63, 3.8) is 0 Å². The zero-order valence-corrected chi connectivity index (χ0v) is 8.50. The van der Waals surface area contributed by atoms with Gasteiger partial charge in [0.25, 0.3) is 0 Å². The van der Waals surface area contributed by atoms with Gasteiger partial charge in [-0.05, 0) is 42.6 Å². The first-order valence-electron chi connectivity index (χ1n) is 4.67. The molecule has 0 amide bonds. The van der Waals surface area contributed by atoms with Crippen molar-refractivity contribution in [2.24, 2.45) is 0 Å². The summed E-state index contributed by atoms with van der Waals surface area (Å²) in [6, 6.07) is 7.74. The number of rotatable bonds is 1. The Hall–Kier alpha value is -0.590. The van der Waals surface area contributed by atoms with E-state index in [2.05, 4.69) is 0 Å². The highest BCUT2D eigenvalue weighted by molar-refractivity contribution is 7.78. The van der Waals surface area contributed by atoms with Crippen LogP contribution in [0.5, 0.6) is 0 Å². The lowest BCUT2D eigenvalue weighted by atomic mass is 10.3. The fraction of sp³-hybridized carbons (Fsp3) is 0.400. The van der Waals surface area contributed by atoms with Crippen molar-refractivity contribution in [3.8, 4) is 0 Å². The van der Waals surface area contributed by atoms with Crippen molar-refractivity contribution < 1.29 is 4.89 Å². The van der Waals surface area contributed by atoms with Gasteiger partial charge < -0.3 is 10.6 Å². The average molecular weight is 196 g/mol. The summed E-state index contributed by atoms with van der Waals surface area (Å²) in [4.78, 5) is 10.3. The van der Waals surface area contributed by atoms with Crippen molar-refractivity contribution in [2.75, 3.05) is 18.1 Å². The smallest absolute Gasteiger partial charge is 0.0321 e. The van der Waals surface area contributed by atoms with Crippen molar-refractivity contribution in [1.82, 2.24) is 0 Å². The lowest BCUT2D eigenvalue weighted by Gasteiger charge is -2.24. The summed E-state index contributed by atoms with van der Waals surface area (Å²) in [7, 11) is -1.78. The predicted octanol–water partition coefficient (Wildman–Crippen LogP) is 1.61. The van der Waals surface area contributed by atoms with Crippen LogP contribution in [0.2, 0.25) is 0 Å². The van der Waals surface area contributed by atoms with Crippen LogP contribution in [0.3, 0.4) is 0 Å². The van der Waals surface area contributed by atoms with Gasteiger partial charge in [0.1, 0.15) is 0 Å². The van der Waals surface area contributed by atoms with E-state index in [1.54, 1.807) is 0 Å². The summed E-state index contributed by atoms with van der Waals surface area (Å²) in [6.07, 6.45) is 4.30. The molecule has 3 N–H and O–H groups in total. The van der Waals surface area contributed by atoms with E-state index in [0.717, 1.165) is 23.3 Å². The molecule has 2 nitrogen and oxygen atoms in total. The number of hydrogen-bond acceptors (Lipinski definition) is 2. The molecule has 2 rings (SSSR count). The third-order valence-corrected chi connectivity index (χ3v) is 6.01. The molecule has 1 aliphatic heterocycles. The lowest BCUT2D eigenvalue weighted by molar-refractivity contribution is 0.618. The lowest BCUT2D eigenvalue weighted by Crippen LogP contribution is -2.12. The summed E-state index contributed by atoms with van der Waals surface area (Å²) in [5.41, 5.74) is 6.45. The molecule has 0 spiro atoms. The van der Waals surface area contributed by atoms with E-state index in [-0.39, 0.29) is 0 Å². The first kappa shape index (κ1) is 8.98. The Labute approximate surface area is 79.2 Å². The average Bonchev–Trinajstić information content (AvgIpc) is 2.54. The van der Waals surface area contributed by atoms with Crippen molar-refractivity contribution in [2.45, 2.75) is 12.8 Å². The van der Waals surface area contributed by atoms with Crippen LogP contribution in [0.1, 0.15) is 12.8 Å². The van der Waals surface area contributed by atoms with Crippen LogP contribution in [0.15, 0.2) is 24.3 Å². The third-order valence-electron chi connectivity index (χ3n) is 2.66. The second kappa shape index (κ2) is 3.28. The SMILES string of the molecule is Nc1cccc([P]2(O)CCCC2)c1. The normalized spacial score (nSPS) is 20.4. The fourth-order valence-corrected chi connectivity index (χ4v) is 4.89. The maximum Gasteiger partial charge on any atom is 0.0321 e. The van der Waals surface area contributed by atoms with E-state index in [1.807, 2.05) is 24.3 Å². The van der Waals surface area contributed by atoms with Crippen LogP contribution in [0.4, 0.5) is 5.69 Å². The molecule has 1 aliphatic rings. The van der Waals surface area contributed by atoms with Crippen molar-refractivity contribution in [1.29, 1.82) is 0 Å². The van der Waals surface area contributed by atoms with E-state index in [9.17, 15) is 4.89 Å². The van der Waals surface area contributed by atoms with Gasteiger partial charge in [0.05, 0.1) is 0 Å². The summed E-state index contributed by atoms with van der Waals surface area (Å²) in [5, 5.41) is 1.09. The fourth-order valence-electron chi connectivity index (χ4n) is 1.90. The number of benzene rings is 1. The zero-order chi connectivity index (χ0) is 9.31. The molecule has 1 heterocycles. The van der Waals surface area contributed by atoms with Gasteiger partial charge in [-0.2, -0.15) is 0 Å². The number of nitrogens with two attached hydrogens (primary N) is 1. The van der Waals surface area contributed by atoms with Crippen LogP contribution in [-0.2, 0) is 0 Å². The predicted molar refractivity (Wildman–Crippen MR) is 58.6 cm³/mol. The highest BCUT2D eigenvalue weighted by atomic mass is 31.2. The van der Waals surface area contributed by atoms with Gasteiger partial charge in [0, 0.05) is 13.2 Å². The molecule has 1 saturated heterocycles. The molecule has 0 bridgehead atoms. The van der Waals surface area contributed by atoms with E-state index < -0.39 is 7.49 Å². The van der Waals surface area contributed by atoms with E-state index in [4.69, 9.17) is 5.73 Å². The van der Waals surface area contributed by atoms with Crippen LogP contribution in [0, 0.1) is 0 Å². The van der Waals surface area contributed by atoms with Gasteiger partial charge in [-0.3, -0.25) is 0 Å². The van der Waals surface area contributed by atoms with Crippen LogP contribution in [-0.4, -0.2) is 17.2 Å². The minimum Gasteiger partial charge on any atom is -0.399 e. The van der Waals surface area contributed by atoms with Crippen molar-refractivity contribution >= 4 is 18.5 Å². The molecular weight excluding hydrogens is 181 g/mol. The minimum atomic E-state index is -1.78. The molecule has 0 atom stereocenters. The Morgan fingerprint density at radius 3 is 2.54 bits per heavy atom. The third kappa shape index (κ3) is 1.70. The van der Waals surface area contributed by atoms with Gasteiger partial charge in [-0.1, -0.05) is 12.1 Å². The largest absolute Gasteiger partial charge is 0.399 e. The highest BCUT2D eigenvalue weighted by Crippen LogP contribution is 2.58. The quantitative estimate of drug-likeness (QED) is 0.529. The molecule has 1 aromatic rings. The number of nitrogen functional groups attached to an aromatic ring is 1. The van der Waals surface area contributed by atoms with Crippen LogP contribution in [0.25, 0.3) is 0 Å². The highest BCUT2D eigenvalue weighted by Gasteiger charge is 2.30. The monoisotopic (exact) mass is 196 g/mol. The first-order chi connectivity index (χ1) is 6.21. The van der Waals surface area contributed by atoms with E-state index >= 15 is 0 Å². The molecule has 13 heavy (non-hydrogen) atoms. The Bertz CT molecular complexity index is 308. The Morgan fingerprint density at radius 1 is 1.23 bits per heavy atom. The van der Waals surface area contributed by atoms with Gasteiger partial charge >= 0.3 is 0 Å². The maximum absolute atomic E-state index is 10.3. The number of hydrogen-bond donors (Lipinski definition) is 2. The molecule has 0 unspecified atom stereocenters. The summed E-state index contributed by atoms with van der Waals surface area (Å²) in [6.45, 7) is 0. The summed E-state index contributed by atoms with van der Waals surface area (Å²) >= 11 is 0. The zero-order valence-electron chi connectivity index (χ0n) is 7.61. The molecular formula is C10H15NOP. The van der Waals surface area contributed by atoms with Gasteiger partial charge in [0.2, 0.25) is 0 Å². The Kier molecular flexibility index (Phi) is 2.27. The molecule has 1 aromatic carbocycles. The standard InChI is InChI=1S/C10H15NOP/c11-9-4-3-5-10(8-9)13(12)6-1-2-7-13/h3-5,8,12H,1-2,6-7,11H2. The van der Waals surface area contributed by atoms with Crippen molar-refractivity contribution in [3.05, 3.63) is 24.3 Å². The topological polar surface area (TPSA) is 46.2 Å². The Morgan fingerprint density at radius 2 is 1.92 bits per heavy atom. The van der Waals surface area contributed by atoms with E-state index in [1.165, 1.54) is 12.8 Å². The van der Waals surface area contributed by atoms with Gasteiger partial charge in [-0.25, -0.2) is 0 Å². The maximum atomic E-state index is 10.3. The number of anilines is 1. The van der Waals surface area contributed by atoms with Crippen LogP contribution < -0.4 is 11.0 Å². The second-order valence-corrected chi connectivity index (χ2v) is 6.93. The van der Waals surface area contributed by atoms with E-state index in [0.29, 0.717) is 0 Å². The summed E-state index contributed by atoms with van der Waals surface area (Å²) < 4.78 is 0. The Balaban J connectivity index is 2.33. The minimum absolute atomic E-state index is 0.762. The van der Waals surface area contributed by atoms with Gasteiger partial charge in [0.15, 0.2) is 0 Å². The molecule has 3 heteroatoms. The molecule has 0 saturated carbocycles. The molecule has 1 radical (unpaired) electrons. The molecule has 71 valence electrons. The molecule has 0 aromatic heterocycles. The first-order valence-corrected chi connectivity index (χ1v) is 6.78. The molecule has 1 fully saturated rings. The summed E-state index contributed by atoms with van der Waals surface area (Å²) in [5.74, 6) is 0. The van der Waals surface area contributed by atoms with Crippen LogP contribution >= 0.6 is 7.49 Å². The second-order valence-electron chi connectivity index (χ2n) is 3.67.